The van der Waals surface area contributed by atoms with E-state index in [-0.39, 0.29) is 26.4 Å². The van der Waals surface area contributed by atoms with Crippen molar-refractivity contribution < 1.29 is 32.7 Å². The number of carbonyl (C=O) groups excluding carboxylic acids is 2. The molecule has 0 aromatic heterocycles. The van der Waals surface area contributed by atoms with Gasteiger partial charge in [0, 0.05) is 16.3 Å². The fourth-order valence-electron chi connectivity index (χ4n) is 3.13. The maximum atomic E-state index is 12.9. The molecule has 0 saturated heterocycles. The van der Waals surface area contributed by atoms with Crippen LogP contribution in [0.3, 0.4) is 0 Å². The molecule has 0 bridgehead atoms. The van der Waals surface area contributed by atoms with E-state index >= 15 is 0 Å². The van der Waals surface area contributed by atoms with E-state index in [0.717, 1.165) is 23.9 Å². The Bertz CT molecular complexity index is 1420. The number of alkyl halides is 3. The van der Waals surface area contributed by atoms with E-state index in [1.54, 1.807) is 19.1 Å². The zero-order valence-electron chi connectivity index (χ0n) is 18.9. The quantitative estimate of drug-likeness (QED) is 0.139. The third-order valence-corrected chi connectivity index (χ3v) is 7.87. The third-order valence-electron chi connectivity index (χ3n) is 4.96. The molecular formula is C24H15Cl4F3N2O4S. The summed E-state index contributed by atoms with van der Waals surface area (Å²) in [5.41, 5.74) is -1.70. The van der Waals surface area contributed by atoms with Crippen LogP contribution >= 0.6 is 58.2 Å². The summed E-state index contributed by atoms with van der Waals surface area (Å²) >= 11 is 25.1. The molecule has 3 N–H and O–H groups in total. The number of carboxylic acid groups (broad SMARTS) is 1. The summed E-state index contributed by atoms with van der Waals surface area (Å²) in [6, 6.07) is 10.4. The van der Waals surface area contributed by atoms with Crippen LogP contribution in [0.5, 0.6) is 0 Å². The molecule has 0 aliphatic carbocycles. The summed E-state index contributed by atoms with van der Waals surface area (Å²) in [6.45, 7) is 1.58. The van der Waals surface area contributed by atoms with Crippen LogP contribution < -0.4 is 10.6 Å². The number of rotatable bonds is 7. The summed E-state index contributed by atoms with van der Waals surface area (Å²) < 4.78 is 38.7. The highest BCUT2D eigenvalue weighted by molar-refractivity contribution is 8.00. The van der Waals surface area contributed by atoms with E-state index in [1.165, 1.54) is 24.3 Å². The summed E-state index contributed by atoms with van der Waals surface area (Å²) in [4.78, 5) is 37.6. The van der Waals surface area contributed by atoms with Gasteiger partial charge in [-0.2, -0.15) is 13.2 Å². The van der Waals surface area contributed by atoms with Crippen molar-refractivity contribution in [3.05, 3.63) is 85.3 Å². The summed E-state index contributed by atoms with van der Waals surface area (Å²) in [6.07, 6.45) is -4.54. The minimum atomic E-state index is -4.54. The standard InChI is InChI=1S/C24H15Cl4F3N2O4S/c1-10(21(34)33-13-4-2-3-11(9-13)24(29,30)31)38-14-7-5-12(6-8-14)32-22(35)15-16(23(36)37)18(26)20(28)19(27)17(15)25/h2-10H,1H3,(H,32,35)(H,33,34)(H,36,37). The average molecular weight is 626 g/mol. The van der Waals surface area contributed by atoms with Crippen LogP contribution in [-0.2, 0) is 11.0 Å². The van der Waals surface area contributed by atoms with Crippen LogP contribution in [0.15, 0.2) is 53.4 Å². The molecular weight excluding hydrogens is 611 g/mol. The van der Waals surface area contributed by atoms with Crippen molar-refractivity contribution in [2.75, 3.05) is 10.6 Å². The van der Waals surface area contributed by atoms with Crippen molar-refractivity contribution in [3.8, 4) is 0 Å². The minimum absolute atomic E-state index is 0.0112. The van der Waals surface area contributed by atoms with E-state index in [0.29, 0.717) is 4.90 Å². The molecule has 0 saturated carbocycles. The summed E-state index contributed by atoms with van der Waals surface area (Å²) in [5, 5.41) is 12.4. The van der Waals surface area contributed by atoms with Crippen LogP contribution in [0.4, 0.5) is 24.5 Å². The first-order chi connectivity index (χ1) is 17.7. The largest absolute Gasteiger partial charge is 0.478 e. The molecule has 0 fully saturated rings. The smallest absolute Gasteiger partial charge is 0.416 e. The molecule has 0 spiro atoms. The molecule has 0 aliphatic rings. The van der Waals surface area contributed by atoms with Gasteiger partial charge >= 0.3 is 12.1 Å². The van der Waals surface area contributed by atoms with Crippen LogP contribution in [-0.4, -0.2) is 28.1 Å². The fourth-order valence-corrected chi connectivity index (χ4v) is 5.02. The molecule has 14 heteroatoms. The number of carboxylic acids is 1. The van der Waals surface area contributed by atoms with E-state index in [9.17, 15) is 32.7 Å². The Hall–Kier alpha value is -2.63. The lowest BCUT2D eigenvalue weighted by atomic mass is 10.1. The number of halogens is 7. The topological polar surface area (TPSA) is 95.5 Å². The second-order valence-electron chi connectivity index (χ2n) is 7.62. The van der Waals surface area contributed by atoms with Gasteiger partial charge in [0.25, 0.3) is 5.91 Å². The number of hydrogen-bond acceptors (Lipinski definition) is 4. The van der Waals surface area contributed by atoms with Gasteiger partial charge < -0.3 is 15.7 Å². The van der Waals surface area contributed by atoms with E-state index in [2.05, 4.69) is 10.6 Å². The number of nitrogens with one attached hydrogen (secondary N) is 2. The van der Waals surface area contributed by atoms with Crippen molar-refractivity contribution in [1.82, 2.24) is 0 Å². The predicted octanol–water partition coefficient (Wildman–Crippen LogP) is 8.39. The molecule has 6 nitrogen and oxygen atoms in total. The minimum Gasteiger partial charge on any atom is -0.478 e. The van der Waals surface area contributed by atoms with Gasteiger partial charge in [-0.3, -0.25) is 9.59 Å². The molecule has 200 valence electrons. The van der Waals surface area contributed by atoms with Crippen LogP contribution in [0.25, 0.3) is 0 Å². The van der Waals surface area contributed by atoms with Gasteiger partial charge in [0.1, 0.15) is 0 Å². The van der Waals surface area contributed by atoms with E-state index in [4.69, 9.17) is 46.4 Å². The Kier molecular flexibility index (Phi) is 9.48. The maximum Gasteiger partial charge on any atom is 0.416 e. The highest BCUT2D eigenvalue weighted by Crippen LogP contribution is 2.42. The van der Waals surface area contributed by atoms with Crippen molar-refractivity contribution in [2.45, 2.75) is 23.2 Å². The van der Waals surface area contributed by atoms with E-state index < -0.39 is 50.9 Å². The lowest BCUT2D eigenvalue weighted by Crippen LogP contribution is -2.22. The van der Waals surface area contributed by atoms with Crippen molar-refractivity contribution >= 4 is 87.3 Å². The van der Waals surface area contributed by atoms with Gasteiger partial charge in [0.15, 0.2) is 0 Å². The maximum absolute atomic E-state index is 12.9. The van der Waals surface area contributed by atoms with Gasteiger partial charge in [-0.05, 0) is 49.4 Å². The number of carbonyl (C=O) groups is 3. The highest BCUT2D eigenvalue weighted by Gasteiger charge is 2.31. The second-order valence-corrected chi connectivity index (χ2v) is 10.5. The number of aromatic carboxylic acids is 1. The molecule has 38 heavy (non-hydrogen) atoms. The fraction of sp³-hybridized carbons (Fsp3) is 0.125. The van der Waals surface area contributed by atoms with Crippen LogP contribution in [0.2, 0.25) is 20.1 Å². The van der Waals surface area contributed by atoms with Gasteiger partial charge in [-0.25, -0.2) is 4.79 Å². The second kappa shape index (κ2) is 12.0. The Labute approximate surface area is 238 Å². The van der Waals surface area contributed by atoms with Crippen molar-refractivity contribution in [3.63, 3.8) is 0 Å². The average Bonchev–Trinajstić information content (AvgIpc) is 2.85. The molecule has 3 aromatic rings. The third kappa shape index (κ3) is 6.86. The molecule has 2 amide bonds. The van der Waals surface area contributed by atoms with Gasteiger partial charge in [-0.1, -0.05) is 52.5 Å². The highest BCUT2D eigenvalue weighted by atomic mass is 35.5. The van der Waals surface area contributed by atoms with Gasteiger partial charge in [-0.15, -0.1) is 11.8 Å². The lowest BCUT2D eigenvalue weighted by Gasteiger charge is -2.15. The zero-order valence-corrected chi connectivity index (χ0v) is 22.8. The molecule has 3 rings (SSSR count). The molecule has 0 radical (unpaired) electrons. The first-order valence-electron chi connectivity index (χ1n) is 10.4. The van der Waals surface area contributed by atoms with Gasteiger partial charge in [0.05, 0.1) is 42.0 Å². The Balaban J connectivity index is 1.70. The number of thioether (sulfide) groups is 1. The lowest BCUT2D eigenvalue weighted by molar-refractivity contribution is -0.137. The molecule has 1 unspecified atom stereocenters. The monoisotopic (exact) mass is 624 g/mol. The first-order valence-corrected chi connectivity index (χ1v) is 12.7. The van der Waals surface area contributed by atoms with Crippen LogP contribution in [0, 0.1) is 0 Å². The predicted molar refractivity (Wildman–Crippen MR) is 143 cm³/mol. The summed E-state index contributed by atoms with van der Waals surface area (Å²) in [5.74, 6) is -2.95. The first kappa shape index (κ1) is 29.9. The van der Waals surface area contributed by atoms with Gasteiger partial charge in [0.2, 0.25) is 5.91 Å². The number of anilines is 2. The Morgan fingerprint density at radius 1 is 0.842 bits per heavy atom. The van der Waals surface area contributed by atoms with Crippen molar-refractivity contribution in [1.29, 1.82) is 0 Å². The van der Waals surface area contributed by atoms with Crippen LogP contribution in [0.1, 0.15) is 33.2 Å². The number of benzene rings is 3. The SMILES string of the molecule is CC(Sc1ccc(NC(=O)c2c(Cl)c(Cl)c(Cl)c(Cl)c2C(=O)O)cc1)C(=O)Nc1cccc(C(F)(F)F)c1. The molecule has 0 heterocycles. The summed E-state index contributed by atoms with van der Waals surface area (Å²) in [7, 11) is 0. The Morgan fingerprint density at radius 3 is 1.97 bits per heavy atom. The van der Waals surface area contributed by atoms with E-state index in [1.807, 2.05) is 0 Å². The zero-order chi connectivity index (χ0) is 28.4. The molecule has 3 aromatic carbocycles. The number of hydrogen-bond donors (Lipinski definition) is 3. The number of amides is 2. The normalized spacial score (nSPS) is 12.1. The molecule has 0 aliphatic heterocycles. The molecule has 1 atom stereocenters. The Morgan fingerprint density at radius 2 is 1.42 bits per heavy atom. The van der Waals surface area contributed by atoms with Crippen molar-refractivity contribution in [2.24, 2.45) is 0 Å².